The van der Waals surface area contributed by atoms with Gasteiger partial charge in [-0.1, -0.05) is 48.1 Å². The first kappa shape index (κ1) is 19.4. The number of benzene rings is 2. The third kappa shape index (κ3) is 4.25. The zero-order valence-corrected chi connectivity index (χ0v) is 17.8. The van der Waals surface area contributed by atoms with E-state index in [1.165, 1.54) is 5.56 Å². The van der Waals surface area contributed by atoms with Gasteiger partial charge in [0.05, 0.1) is 29.4 Å². The summed E-state index contributed by atoms with van der Waals surface area (Å²) >= 11 is 1.56. The van der Waals surface area contributed by atoms with Crippen molar-refractivity contribution in [3.8, 4) is 0 Å². The van der Waals surface area contributed by atoms with Gasteiger partial charge >= 0.3 is 0 Å². The molecule has 0 radical (unpaired) electrons. The minimum absolute atomic E-state index is 0.0184. The summed E-state index contributed by atoms with van der Waals surface area (Å²) < 4.78 is 6.62. The Morgan fingerprint density at radius 1 is 1.14 bits per heavy atom. The highest BCUT2D eigenvalue weighted by atomic mass is 32.1. The van der Waals surface area contributed by atoms with Gasteiger partial charge in [0.15, 0.2) is 5.13 Å². The lowest BCUT2D eigenvalue weighted by Crippen LogP contribution is -2.31. The molecular formula is C24H24N2O2S. The van der Waals surface area contributed by atoms with Crippen molar-refractivity contribution in [3.05, 3.63) is 82.8 Å². The Labute approximate surface area is 174 Å². The number of hydrogen-bond acceptors (Lipinski definition) is 4. The Kier molecular flexibility index (Phi) is 5.49. The van der Waals surface area contributed by atoms with E-state index in [1.807, 2.05) is 32.0 Å². The van der Waals surface area contributed by atoms with Crippen molar-refractivity contribution in [2.75, 3.05) is 4.90 Å². The molecule has 4 rings (SSSR count). The molecule has 4 nitrogen and oxygen atoms in total. The van der Waals surface area contributed by atoms with Crippen LogP contribution in [0.1, 0.15) is 34.9 Å². The van der Waals surface area contributed by atoms with E-state index >= 15 is 0 Å². The number of aryl methyl sites for hydroxylation is 3. The molecular weight excluding hydrogens is 380 g/mol. The van der Waals surface area contributed by atoms with E-state index in [-0.39, 0.29) is 5.91 Å². The van der Waals surface area contributed by atoms with Crippen LogP contribution in [0.5, 0.6) is 0 Å². The van der Waals surface area contributed by atoms with E-state index in [2.05, 4.69) is 37.3 Å². The van der Waals surface area contributed by atoms with E-state index in [9.17, 15) is 4.79 Å². The fraction of sp³-hybridized carbons (Fsp3) is 0.250. The quantitative estimate of drug-likeness (QED) is 0.405. The molecule has 148 valence electrons. The first-order valence-electron chi connectivity index (χ1n) is 9.82. The van der Waals surface area contributed by atoms with Gasteiger partial charge < -0.3 is 4.42 Å². The maximum Gasteiger partial charge on any atom is 0.233 e. The van der Waals surface area contributed by atoms with Crippen molar-refractivity contribution in [2.24, 2.45) is 0 Å². The number of aromatic nitrogens is 1. The van der Waals surface area contributed by atoms with Gasteiger partial charge in [-0.15, -0.1) is 0 Å². The van der Waals surface area contributed by atoms with Crippen LogP contribution in [0.25, 0.3) is 10.2 Å². The highest BCUT2D eigenvalue weighted by Crippen LogP contribution is 2.31. The topological polar surface area (TPSA) is 46.3 Å². The summed E-state index contributed by atoms with van der Waals surface area (Å²) in [5, 5.41) is 0.708. The number of thiazole rings is 1. The highest BCUT2D eigenvalue weighted by molar-refractivity contribution is 7.22. The van der Waals surface area contributed by atoms with Crippen LogP contribution >= 0.6 is 11.3 Å². The average molecular weight is 405 g/mol. The minimum atomic E-state index is 0.0184. The monoisotopic (exact) mass is 404 g/mol. The predicted molar refractivity (Wildman–Crippen MR) is 119 cm³/mol. The number of amides is 1. The molecule has 2 aromatic heterocycles. The Balaban J connectivity index is 1.69. The largest absolute Gasteiger partial charge is 0.467 e. The van der Waals surface area contributed by atoms with Gasteiger partial charge in [0.25, 0.3) is 0 Å². The van der Waals surface area contributed by atoms with Crippen molar-refractivity contribution in [3.63, 3.8) is 0 Å². The van der Waals surface area contributed by atoms with Crippen LogP contribution in [0.4, 0.5) is 5.13 Å². The number of anilines is 1. The lowest BCUT2D eigenvalue weighted by Gasteiger charge is -2.19. The number of furan rings is 1. The lowest BCUT2D eigenvalue weighted by molar-refractivity contribution is -0.118. The van der Waals surface area contributed by atoms with Gasteiger partial charge in [0.2, 0.25) is 5.91 Å². The van der Waals surface area contributed by atoms with Gasteiger partial charge in [-0.3, -0.25) is 9.69 Å². The van der Waals surface area contributed by atoms with E-state index in [4.69, 9.17) is 9.40 Å². The SMILES string of the molecule is CCc1ccc2nc(N(Cc3ccco3)C(=O)Cc3cc(C)ccc3C)sc2c1. The van der Waals surface area contributed by atoms with Crippen molar-refractivity contribution in [1.29, 1.82) is 0 Å². The molecule has 2 aromatic carbocycles. The molecule has 0 aliphatic carbocycles. The maximum atomic E-state index is 13.4. The predicted octanol–water partition coefficient (Wildman–Crippen LogP) is 5.84. The smallest absolute Gasteiger partial charge is 0.233 e. The fourth-order valence-corrected chi connectivity index (χ4v) is 4.41. The lowest BCUT2D eigenvalue weighted by atomic mass is 10.0. The van der Waals surface area contributed by atoms with Crippen LogP contribution in [-0.2, 0) is 24.2 Å². The van der Waals surface area contributed by atoms with Gasteiger partial charge in [-0.25, -0.2) is 4.98 Å². The zero-order valence-electron chi connectivity index (χ0n) is 16.9. The van der Waals surface area contributed by atoms with Gasteiger partial charge in [-0.2, -0.15) is 0 Å². The molecule has 1 amide bonds. The number of rotatable bonds is 6. The summed E-state index contributed by atoms with van der Waals surface area (Å²) in [7, 11) is 0. The summed E-state index contributed by atoms with van der Waals surface area (Å²) in [6.07, 6.45) is 2.95. The molecule has 5 heteroatoms. The second-order valence-corrected chi connectivity index (χ2v) is 8.33. The fourth-order valence-electron chi connectivity index (χ4n) is 3.36. The van der Waals surface area contributed by atoms with Crippen LogP contribution in [0.15, 0.2) is 59.2 Å². The summed E-state index contributed by atoms with van der Waals surface area (Å²) in [4.78, 5) is 19.9. The molecule has 0 saturated heterocycles. The molecule has 29 heavy (non-hydrogen) atoms. The average Bonchev–Trinajstić information content (AvgIpc) is 3.37. The number of carbonyl (C=O) groups excluding carboxylic acids is 1. The zero-order chi connectivity index (χ0) is 20.4. The van der Waals surface area contributed by atoms with Crippen molar-refractivity contribution in [1.82, 2.24) is 4.98 Å². The Morgan fingerprint density at radius 2 is 2.00 bits per heavy atom. The second-order valence-electron chi connectivity index (χ2n) is 7.32. The molecule has 0 saturated carbocycles. The summed E-state index contributed by atoms with van der Waals surface area (Å²) in [6.45, 7) is 6.60. The Bertz CT molecular complexity index is 1150. The molecule has 0 atom stereocenters. The van der Waals surface area contributed by atoms with E-state index in [0.717, 1.165) is 39.1 Å². The van der Waals surface area contributed by atoms with Gasteiger partial charge in [0.1, 0.15) is 5.76 Å². The molecule has 2 heterocycles. The first-order valence-corrected chi connectivity index (χ1v) is 10.6. The molecule has 0 bridgehead atoms. The van der Waals surface area contributed by atoms with Crippen molar-refractivity contribution < 1.29 is 9.21 Å². The molecule has 0 fully saturated rings. The van der Waals surface area contributed by atoms with Crippen molar-refractivity contribution >= 4 is 32.6 Å². The summed E-state index contributed by atoms with van der Waals surface area (Å²) in [5.74, 6) is 0.762. The van der Waals surface area contributed by atoms with Crippen molar-refractivity contribution in [2.45, 2.75) is 40.2 Å². The number of nitrogens with zero attached hydrogens (tertiary/aromatic N) is 2. The standard InChI is InChI=1S/C24H24N2O2S/c1-4-18-9-10-21-22(13-18)29-24(25-21)26(15-20-6-5-11-28-20)23(27)14-19-12-16(2)7-8-17(19)3/h5-13H,4,14-15H2,1-3H3. The minimum Gasteiger partial charge on any atom is -0.467 e. The van der Waals surface area contributed by atoms with Crippen LogP contribution in [0.3, 0.4) is 0 Å². The maximum absolute atomic E-state index is 13.4. The summed E-state index contributed by atoms with van der Waals surface area (Å²) in [6, 6.07) is 16.3. The van der Waals surface area contributed by atoms with Crippen LogP contribution in [0, 0.1) is 13.8 Å². The van der Waals surface area contributed by atoms with Gasteiger partial charge in [0, 0.05) is 0 Å². The molecule has 0 aliphatic rings. The van der Waals surface area contributed by atoms with E-state index in [0.29, 0.717) is 18.1 Å². The highest BCUT2D eigenvalue weighted by Gasteiger charge is 2.22. The normalized spacial score (nSPS) is 11.1. The molecule has 0 aliphatic heterocycles. The van der Waals surface area contributed by atoms with Crippen LogP contribution in [-0.4, -0.2) is 10.9 Å². The molecule has 0 spiro atoms. The van der Waals surface area contributed by atoms with Crippen LogP contribution < -0.4 is 4.90 Å². The van der Waals surface area contributed by atoms with E-state index in [1.54, 1.807) is 22.5 Å². The third-order valence-corrected chi connectivity index (χ3v) is 6.16. The first-order chi connectivity index (χ1) is 14.0. The second kappa shape index (κ2) is 8.21. The number of fused-ring (bicyclic) bond motifs is 1. The number of carbonyl (C=O) groups is 1. The molecule has 0 N–H and O–H groups in total. The molecule has 4 aromatic rings. The van der Waals surface area contributed by atoms with Crippen LogP contribution in [0.2, 0.25) is 0 Å². The van der Waals surface area contributed by atoms with E-state index < -0.39 is 0 Å². The number of hydrogen-bond donors (Lipinski definition) is 0. The Hall–Kier alpha value is -2.92. The molecule has 0 unspecified atom stereocenters. The third-order valence-electron chi connectivity index (χ3n) is 5.12. The summed E-state index contributed by atoms with van der Waals surface area (Å²) in [5.41, 5.74) is 5.52. The Morgan fingerprint density at radius 3 is 2.76 bits per heavy atom. The van der Waals surface area contributed by atoms with Gasteiger partial charge in [-0.05, 0) is 61.2 Å².